The van der Waals surface area contributed by atoms with Crippen molar-refractivity contribution in [2.24, 2.45) is 5.92 Å². The highest BCUT2D eigenvalue weighted by Crippen LogP contribution is 2.46. The molecule has 2 aliphatic carbocycles. The minimum Gasteiger partial charge on any atom is -0.311 e. The van der Waals surface area contributed by atoms with Crippen molar-refractivity contribution < 1.29 is 0 Å². The van der Waals surface area contributed by atoms with Crippen LogP contribution in [0.4, 0.5) is 0 Å². The van der Waals surface area contributed by atoms with Crippen LogP contribution in [0.15, 0.2) is 30.3 Å². The zero-order valence-corrected chi connectivity index (χ0v) is 11.8. The van der Waals surface area contributed by atoms with Gasteiger partial charge in [0.25, 0.3) is 0 Å². The van der Waals surface area contributed by atoms with E-state index in [0.29, 0.717) is 6.04 Å². The average molecular weight is 256 g/mol. The van der Waals surface area contributed by atoms with E-state index >= 15 is 0 Å². The summed E-state index contributed by atoms with van der Waals surface area (Å²) in [7, 11) is 0. The normalized spacial score (nSPS) is 39.2. The average Bonchev–Trinajstić information content (AvgIpc) is 3.33. The summed E-state index contributed by atoms with van der Waals surface area (Å²) >= 11 is 0. The fourth-order valence-electron chi connectivity index (χ4n) is 3.79. The monoisotopic (exact) mass is 256 g/mol. The predicted octanol–water partition coefficient (Wildman–Crippen LogP) is 2.61. The lowest BCUT2D eigenvalue weighted by atomic mass is 10.0. The molecular weight excluding hydrogens is 232 g/mol. The number of piperazine rings is 1. The van der Waals surface area contributed by atoms with Crippen molar-refractivity contribution in [3.63, 3.8) is 0 Å². The molecule has 0 spiro atoms. The van der Waals surface area contributed by atoms with Gasteiger partial charge in [-0.25, -0.2) is 0 Å². The first-order valence-electron chi connectivity index (χ1n) is 7.87. The van der Waals surface area contributed by atoms with Crippen molar-refractivity contribution in [3.8, 4) is 0 Å². The van der Waals surface area contributed by atoms with E-state index in [0.717, 1.165) is 23.9 Å². The Hall–Kier alpha value is -0.860. The van der Waals surface area contributed by atoms with Gasteiger partial charge in [-0.2, -0.15) is 0 Å². The number of nitrogens with one attached hydrogen (secondary N) is 1. The van der Waals surface area contributed by atoms with E-state index in [2.05, 4.69) is 47.5 Å². The van der Waals surface area contributed by atoms with E-state index in [1.807, 2.05) is 0 Å². The first kappa shape index (κ1) is 11.9. The first-order valence-corrected chi connectivity index (χ1v) is 7.87. The molecule has 4 rings (SSSR count). The second-order valence-corrected chi connectivity index (χ2v) is 6.72. The molecule has 1 N–H and O–H groups in total. The van der Waals surface area contributed by atoms with Crippen molar-refractivity contribution in [2.75, 3.05) is 13.1 Å². The molecule has 2 saturated carbocycles. The van der Waals surface area contributed by atoms with Crippen LogP contribution < -0.4 is 5.32 Å². The van der Waals surface area contributed by atoms with Crippen molar-refractivity contribution in [1.29, 1.82) is 0 Å². The first-order chi connectivity index (χ1) is 9.33. The summed E-state index contributed by atoms with van der Waals surface area (Å²) in [5.74, 6) is 1.77. The van der Waals surface area contributed by atoms with Crippen LogP contribution in [0.5, 0.6) is 0 Å². The molecule has 0 aromatic heterocycles. The Balaban J connectivity index is 1.44. The summed E-state index contributed by atoms with van der Waals surface area (Å²) in [6.45, 7) is 4.84. The van der Waals surface area contributed by atoms with Gasteiger partial charge in [0.15, 0.2) is 0 Å². The summed E-state index contributed by atoms with van der Waals surface area (Å²) in [6, 6.07) is 13.4. The van der Waals surface area contributed by atoms with E-state index in [1.165, 1.54) is 32.4 Å². The molecule has 2 heteroatoms. The van der Waals surface area contributed by atoms with Crippen LogP contribution >= 0.6 is 0 Å². The molecule has 1 aromatic carbocycles. The molecule has 102 valence electrons. The maximum absolute atomic E-state index is 3.76. The summed E-state index contributed by atoms with van der Waals surface area (Å²) in [6.07, 6.45) is 4.27. The van der Waals surface area contributed by atoms with Gasteiger partial charge in [0.2, 0.25) is 0 Å². The molecule has 3 fully saturated rings. The second kappa shape index (κ2) is 4.60. The fraction of sp³-hybridized carbons (Fsp3) is 0.647. The number of hydrogen-bond acceptors (Lipinski definition) is 2. The molecule has 1 saturated heterocycles. The Morgan fingerprint density at radius 2 is 1.95 bits per heavy atom. The van der Waals surface area contributed by atoms with E-state index in [9.17, 15) is 0 Å². The number of hydrogen-bond donors (Lipinski definition) is 1. The van der Waals surface area contributed by atoms with Crippen LogP contribution in [0.2, 0.25) is 0 Å². The lowest BCUT2D eigenvalue weighted by Gasteiger charge is -2.39. The molecule has 1 aromatic rings. The van der Waals surface area contributed by atoms with E-state index in [-0.39, 0.29) is 0 Å². The number of nitrogens with zero attached hydrogens (tertiary/aromatic N) is 1. The molecular formula is C17H24N2. The van der Waals surface area contributed by atoms with E-state index in [4.69, 9.17) is 0 Å². The second-order valence-electron chi connectivity index (χ2n) is 6.72. The molecule has 1 heterocycles. The smallest absolute Gasteiger partial charge is 0.0224 e. The van der Waals surface area contributed by atoms with Crippen LogP contribution in [0.25, 0.3) is 0 Å². The number of benzene rings is 1. The van der Waals surface area contributed by atoms with Gasteiger partial charge in [-0.15, -0.1) is 0 Å². The highest BCUT2D eigenvalue weighted by molar-refractivity contribution is 5.28. The highest BCUT2D eigenvalue weighted by atomic mass is 15.3. The maximum Gasteiger partial charge on any atom is 0.0224 e. The molecule has 2 nitrogen and oxygen atoms in total. The zero-order valence-electron chi connectivity index (χ0n) is 11.8. The Morgan fingerprint density at radius 1 is 1.16 bits per heavy atom. The minimum absolute atomic E-state index is 0.703. The third-order valence-corrected chi connectivity index (χ3v) is 5.25. The third kappa shape index (κ3) is 2.32. The van der Waals surface area contributed by atoms with Crippen molar-refractivity contribution >= 4 is 0 Å². The van der Waals surface area contributed by atoms with Crippen LogP contribution in [-0.2, 0) is 0 Å². The van der Waals surface area contributed by atoms with Crippen molar-refractivity contribution in [1.82, 2.24) is 10.2 Å². The predicted molar refractivity (Wildman–Crippen MR) is 78.3 cm³/mol. The van der Waals surface area contributed by atoms with Gasteiger partial charge >= 0.3 is 0 Å². The molecule has 4 atom stereocenters. The topological polar surface area (TPSA) is 15.3 Å². The molecule has 3 aliphatic rings. The van der Waals surface area contributed by atoms with Crippen LogP contribution in [0.1, 0.15) is 37.7 Å². The van der Waals surface area contributed by atoms with E-state index < -0.39 is 0 Å². The molecule has 0 radical (unpaired) electrons. The summed E-state index contributed by atoms with van der Waals surface area (Å²) < 4.78 is 0. The highest BCUT2D eigenvalue weighted by Gasteiger charge is 2.47. The van der Waals surface area contributed by atoms with Crippen LogP contribution in [0, 0.1) is 5.92 Å². The Bertz CT molecular complexity index is 440. The standard InChI is InChI=1S/C17H24N2/c1-12-10-18-16(14-7-8-14)11-19(12)17-9-15(17)13-5-3-2-4-6-13/h2-6,12,14-18H,7-11H2,1H3. The summed E-state index contributed by atoms with van der Waals surface area (Å²) in [4.78, 5) is 2.79. The van der Waals surface area contributed by atoms with Crippen LogP contribution in [-0.4, -0.2) is 36.1 Å². The van der Waals surface area contributed by atoms with E-state index in [1.54, 1.807) is 5.56 Å². The quantitative estimate of drug-likeness (QED) is 0.894. The lowest BCUT2D eigenvalue weighted by molar-refractivity contribution is 0.122. The van der Waals surface area contributed by atoms with Gasteiger partial charge in [-0.3, -0.25) is 4.90 Å². The molecule has 1 aliphatic heterocycles. The zero-order chi connectivity index (χ0) is 12.8. The van der Waals surface area contributed by atoms with Crippen LogP contribution in [0.3, 0.4) is 0 Å². The largest absolute Gasteiger partial charge is 0.311 e. The summed E-state index contributed by atoms with van der Waals surface area (Å²) in [5, 5.41) is 3.76. The van der Waals surface area contributed by atoms with Gasteiger partial charge in [0.1, 0.15) is 0 Å². The SMILES string of the molecule is CC1CNC(C2CC2)CN1C1CC1c1ccccc1. The number of rotatable bonds is 3. The lowest BCUT2D eigenvalue weighted by Crippen LogP contribution is -2.57. The third-order valence-electron chi connectivity index (χ3n) is 5.25. The van der Waals surface area contributed by atoms with Gasteiger partial charge in [0.05, 0.1) is 0 Å². The summed E-state index contributed by atoms with van der Waals surface area (Å²) in [5.41, 5.74) is 1.54. The molecule has 19 heavy (non-hydrogen) atoms. The van der Waals surface area contributed by atoms with Gasteiger partial charge in [0, 0.05) is 37.1 Å². The molecule has 0 amide bonds. The minimum atomic E-state index is 0.703. The Morgan fingerprint density at radius 3 is 2.68 bits per heavy atom. The maximum atomic E-state index is 3.76. The molecule has 0 bridgehead atoms. The Labute approximate surface area is 116 Å². The van der Waals surface area contributed by atoms with Gasteiger partial charge < -0.3 is 5.32 Å². The van der Waals surface area contributed by atoms with Gasteiger partial charge in [-0.1, -0.05) is 30.3 Å². The van der Waals surface area contributed by atoms with Gasteiger partial charge in [-0.05, 0) is 37.7 Å². The van der Waals surface area contributed by atoms with Crippen molar-refractivity contribution in [2.45, 2.75) is 50.2 Å². The van der Waals surface area contributed by atoms with Crippen molar-refractivity contribution in [3.05, 3.63) is 35.9 Å². The fourth-order valence-corrected chi connectivity index (χ4v) is 3.79. The Kier molecular flexibility index (Phi) is 2.89. The molecule has 4 unspecified atom stereocenters.